The molecule has 1 amide bonds. The van der Waals surface area contributed by atoms with Gasteiger partial charge in [0.15, 0.2) is 0 Å². The van der Waals surface area contributed by atoms with Crippen molar-refractivity contribution in [1.29, 1.82) is 0 Å². The Morgan fingerprint density at radius 1 is 1.44 bits per heavy atom. The Labute approximate surface area is 115 Å². The lowest BCUT2D eigenvalue weighted by molar-refractivity contribution is -0.120. The van der Waals surface area contributed by atoms with Crippen molar-refractivity contribution in [1.82, 2.24) is 9.62 Å². The summed E-state index contributed by atoms with van der Waals surface area (Å²) in [5, 5.41) is 2.65. The van der Waals surface area contributed by atoms with E-state index in [1.807, 2.05) is 0 Å². The Morgan fingerprint density at radius 2 is 2.17 bits per heavy atom. The second-order valence-corrected chi connectivity index (χ2v) is 7.85. The van der Waals surface area contributed by atoms with Crippen LogP contribution in [0, 0.1) is 6.92 Å². The zero-order chi connectivity index (χ0) is 13.3. The van der Waals surface area contributed by atoms with Crippen LogP contribution in [0.3, 0.4) is 0 Å². The molecule has 2 rings (SSSR count). The molecule has 0 aliphatic carbocycles. The van der Waals surface area contributed by atoms with Crippen LogP contribution in [0.4, 0.5) is 0 Å². The van der Waals surface area contributed by atoms with Gasteiger partial charge < -0.3 is 5.32 Å². The predicted molar refractivity (Wildman–Crippen MR) is 70.5 cm³/mol. The minimum atomic E-state index is -3.54. The standard InChI is InChI=1S/C10H13ClN2O3S2/c1-7-6-9(17-10(7)11)18(15,16)13-4-2-8(14)12-3-5-13/h6H,2-5H2,1H3,(H,12,14). The summed E-state index contributed by atoms with van der Waals surface area (Å²) in [6, 6.07) is 1.57. The van der Waals surface area contributed by atoms with Crippen LogP contribution in [0.2, 0.25) is 4.34 Å². The number of carbonyl (C=O) groups excluding carboxylic acids is 1. The number of hydrogen-bond donors (Lipinski definition) is 1. The van der Waals surface area contributed by atoms with Gasteiger partial charge in [0.2, 0.25) is 5.91 Å². The predicted octanol–water partition coefficient (Wildman–Crippen LogP) is 1.22. The summed E-state index contributed by atoms with van der Waals surface area (Å²) < 4.78 is 26.7. The van der Waals surface area contributed by atoms with Crippen LogP contribution in [-0.4, -0.2) is 38.3 Å². The third-order valence-electron chi connectivity index (χ3n) is 2.70. The van der Waals surface area contributed by atoms with Crippen molar-refractivity contribution in [3.8, 4) is 0 Å². The summed E-state index contributed by atoms with van der Waals surface area (Å²) >= 11 is 6.95. The Morgan fingerprint density at radius 3 is 2.78 bits per heavy atom. The first-order valence-corrected chi connectivity index (χ1v) is 8.07. The quantitative estimate of drug-likeness (QED) is 0.893. The zero-order valence-electron chi connectivity index (χ0n) is 9.77. The molecule has 0 unspecified atom stereocenters. The van der Waals surface area contributed by atoms with Crippen LogP contribution in [0.25, 0.3) is 0 Å². The molecular formula is C10H13ClN2O3S2. The molecule has 1 aromatic heterocycles. The zero-order valence-corrected chi connectivity index (χ0v) is 12.2. The van der Waals surface area contributed by atoms with Gasteiger partial charge in [0.05, 0.1) is 4.34 Å². The molecule has 1 aliphatic heterocycles. The first-order chi connectivity index (χ1) is 8.41. The maximum atomic E-state index is 12.4. The summed E-state index contributed by atoms with van der Waals surface area (Å²) in [4.78, 5) is 11.2. The molecule has 8 heteroatoms. The molecule has 1 saturated heterocycles. The maximum absolute atomic E-state index is 12.4. The van der Waals surface area contributed by atoms with Gasteiger partial charge in [0.25, 0.3) is 10.0 Å². The summed E-state index contributed by atoms with van der Waals surface area (Å²) in [6.45, 7) is 2.62. The Balaban J connectivity index is 2.27. The van der Waals surface area contributed by atoms with Crippen molar-refractivity contribution < 1.29 is 13.2 Å². The molecule has 0 radical (unpaired) electrons. The highest BCUT2D eigenvalue weighted by molar-refractivity contribution is 7.91. The van der Waals surface area contributed by atoms with E-state index in [0.717, 1.165) is 16.9 Å². The normalized spacial score (nSPS) is 18.4. The smallest absolute Gasteiger partial charge is 0.252 e. The molecule has 5 nitrogen and oxygen atoms in total. The van der Waals surface area contributed by atoms with Crippen LogP contribution in [-0.2, 0) is 14.8 Å². The third kappa shape index (κ3) is 2.69. The van der Waals surface area contributed by atoms with Gasteiger partial charge in [-0.25, -0.2) is 8.42 Å². The largest absolute Gasteiger partial charge is 0.355 e. The fraction of sp³-hybridized carbons (Fsp3) is 0.500. The second-order valence-electron chi connectivity index (χ2n) is 4.03. The fourth-order valence-electron chi connectivity index (χ4n) is 1.67. The van der Waals surface area contributed by atoms with Crippen LogP contribution < -0.4 is 5.32 Å². The summed E-state index contributed by atoms with van der Waals surface area (Å²) in [5.41, 5.74) is 0.754. The van der Waals surface area contributed by atoms with Gasteiger partial charge in [-0.3, -0.25) is 4.79 Å². The monoisotopic (exact) mass is 308 g/mol. The van der Waals surface area contributed by atoms with Crippen LogP contribution in [0.5, 0.6) is 0 Å². The molecule has 2 heterocycles. The minimum Gasteiger partial charge on any atom is -0.355 e. The Bertz CT molecular complexity index is 548. The number of thiophene rings is 1. The van der Waals surface area contributed by atoms with E-state index < -0.39 is 10.0 Å². The average molecular weight is 309 g/mol. The molecule has 18 heavy (non-hydrogen) atoms. The molecule has 1 fully saturated rings. The number of sulfonamides is 1. The first-order valence-electron chi connectivity index (χ1n) is 5.44. The SMILES string of the molecule is Cc1cc(S(=O)(=O)N2CCNC(=O)CC2)sc1Cl. The topological polar surface area (TPSA) is 66.5 Å². The number of aryl methyl sites for hydroxylation is 1. The van der Waals surface area contributed by atoms with E-state index in [0.29, 0.717) is 17.4 Å². The van der Waals surface area contributed by atoms with Crippen molar-refractivity contribution in [2.75, 3.05) is 19.6 Å². The molecule has 1 aliphatic rings. The first kappa shape index (κ1) is 13.8. The van der Waals surface area contributed by atoms with E-state index in [1.54, 1.807) is 13.0 Å². The lowest BCUT2D eigenvalue weighted by Gasteiger charge is -2.17. The number of amides is 1. The maximum Gasteiger partial charge on any atom is 0.252 e. The molecular weight excluding hydrogens is 296 g/mol. The number of hydrogen-bond acceptors (Lipinski definition) is 4. The Kier molecular flexibility index (Phi) is 3.96. The highest BCUT2D eigenvalue weighted by Crippen LogP contribution is 2.32. The van der Waals surface area contributed by atoms with Crippen molar-refractivity contribution in [3.05, 3.63) is 16.0 Å². The van der Waals surface area contributed by atoms with Gasteiger partial charge in [-0.05, 0) is 18.6 Å². The highest BCUT2D eigenvalue weighted by atomic mass is 35.5. The van der Waals surface area contributed by atoms with Gasteiger partial charge in [0, 0.05) is 26.1 Å². The van der Waals surface area contributed by atoms with Gasteiger partial charge in [-0.1, -0.05) is 11.6 Å². The molecule has 0 atom stereocenters. The van der Waals surface area contributed by atoms with E-state index in [4.69, 9.17) is 11.6 Å². The summed E-state index contributed by atoms with van der Waals surface area (Å²) in [5.74, 6) is -0.118. The average Bonchev–Trinajstić information content (AvgIpc) is 2.52. The molecule has 0 spiro atoms. The van der Waals surface area contributed by atoms with Crippen molar-refractivity contribution in [3.63, 3.8) is 0 Å². The molecule has 1 aromatic rings. The summed E-state index contributed by atoms with van der Waals surface area (Å²) in [6.07, 6.45) is 0.192. The van der Waals surface area contributed by atoms with Crippen molar-refractivity contribution in [2.24, 2.45) is 0 Å². The number of nitrogens with zero attached hydrogens (tertiary/aromatic N) is 1. The fourth-order valence-corrected chi connectivity index (χ4v) is 4.98. The second kappa shape index (κ2) is 5.16. The van der Waals surface area contributed by atoms with Gasteiger partial charge in [-0.2, -0.15) is 4.31 Å². The number of halogens is 1. The van der Waals surface area contributed by atoms with Crippen LogP contribution in [0.1, 0.15) is 12.0 Å². The van der Waals surface area contributed by atoms with Gasteiger partial charge in [-0.15, -0.1) is 11.3 Å². The molecule has 100 valence electrons. The number of rotatable bonds is 2. The van der Waals surface area contributed by atoms with Gasteiger partial charge >= 0.3 is 0 Å². The van der Waals surface area contributed by atoms with E-state index >= 15 is 0 Å². The van der Waals surface area contributed by atoms with Crippen molar-refractivity contribution in [2.45, 2.75) is 17.6 Å². The van der Waals surface area contributed by atoms with E-state index in [-0.39, 0.29) is 23.1 Å². The lowest BCUT2D eigenvalue weighted by atomic mass is 10.4. The third-order valence-corrected chi connectivity index (χ3v) is 6.60. The summed E-state index contributed by atoms with van der Waals surface area (Å²) in [7, 11) is -3.54. The molecule has 0 aromatic carbocycles. The van der Waals surface area contributed by atoms with E-state index in [9.17, 15) is 13.2 Å². The lowest BCUT2D eigenvalue weighted by Crippen LogP contribution is -2.33. The number of carbonyl (C=O) groups is 1. The van der Waals surface area contributed by atoms with Crippen LogP contribution in [0.15, 0.2) is 10.3 Å². The van der Waals surface area contributed by atoms with Crippen molar-refractivity contribution >= 4 is 38.9 Å². The highest BCUT2D eigenvalue weighted by Gasteiger charge is 2.28. The van der Waals surface area contributed by atoms with E-state index in [2.05, 4.69) is 5.32 Å². The Hall–Kier alpha value is -0.630. The van der Waals surface area contributed by atoms with Gasteiger partial charge in [0.1, 0.15) is 4.21 Å². The molecule has 0 saturated carbocycles. The van der Waals surface area contributed by atoms with Crippen LogP contribution >= 0.6 is 22.9 Å². The molecule has 0 bridgehead atoms. The van der Waals surface area contributed by atoms with E-state index in [1.165, 1.54) is 4.31 Å². The molecule has 1 N–H and O–H groups in total. The number of nitrogens with one attached hydrogen (secondary N) is 1. The minimum absolute atomic E-state index is 0.118.